The van der Waals surface area contributed by atoms with Crippen molar-refractivity contribution in [2.24, 2.45) is 0 Å². The number of fused-ring (bicyclic) bond motifs is 1. The molecule has 0 spiro atoms. The average molecular weight is 363 g/mol. The monoisotopic (exact) mass is 363 g/mol. The summed E-state index contributed by atoms with van der Waals surface area (Å²) in [5, 5.41) is 6.63. The van der Waals surface area contributed by atoms with Crippen molar-refractivity contribution in [2.45, 2.75) is 33.1 Å². The number of nitrogens with zero attached hydrogens (tertiary/aromatic N) is 2. The van der Waals surface area contributed by atoms with Gasteiger partial charge in [0, 0.05) is 18.3 Å². The summed E-state index contributed by atoms with van der Waals surface area (Å²) in [5.74, 6) is 0.540. The summed E-state index contributed by atoms with van der Waals surface area (Å²) in [5.41, 5.74) is 2.87. The van der Waals surface area contributed by atoms with E-state index in [-0.39, 0.29) is 18.1 Å². The minimum atomic E-state index is -3.28. The van der Waals surface area contributed by atoms with Crippen molar-refractivity contribution in [1.29, 1.82) is 0 Å². The lowest BCUT2D eigenvalue weighted by Gasteiger charge is -2.30. The fourth-order valence-corrected chi connectivity index (χ4v) is 4.15. The van der Waals surface area contributed by atoms with E-state index in [1.807, 2.05) is 6.07 Å². The fourth-order valence-electron chi connectivity index (χ4n) is 2.96. The van der Waals surface area contributed by atoms with E-state index in [2.05, 4.69) is 10.5 Å². The summed E-state index contributed by atoms with van der Waals surface area (Å²) < 4.78 is 30.9. The summed E-state index contributed by atoms with van der Waals surface area (Å²) in [6.45, 7) is 3.91. The maximum absolute atomic E-state index is 12.2. The van der Waals surface area contributed by atoms with Crippen molar-refractivity contribution < 1.29 is 17.7 Å². The van der Waals surface area contributed by atoms with E-state index in [1.165, 1.54) is 4.31 Å². The molecular weight excluding hydrogens is 342 g/mol. The van der Waals surface area contributed by atoms with Crippen LogP contribution in [0.15, 0.2) is 28.8 Å². The zero-order valence-corrected chi connectivity index (χ0v) is 15.1. The molecule has 2 aromatic rings. The Kier molecular flexibility index (Phi) is 4.80. The first-order chi connectivity index (χ1) is 11.9. The SMILES string of the molecule is CCS(=O)(=O)N1CCCc2cc(NC(=O)Cc3cc(C)on3)ccc21. The quantitative estimate of drug-likeness (QED) is 0.880. The molecule has 1 amide bonds. The molecule has 0 unspecified atom stereocenters. The van der Waals surface area contributed by atoms with Crippen LogP contribution in [-0.2, 0) is 27.7 Å². The number of aryl methyl sites for hydroxylation is 2. The van der Waals surface area contributed by atoms with Crippen molar-refractivity contribution in [3.63, 3.8) is 0 Å². The number of sulfonamides is 1. The number of aromatic nitrogens is 1. The van der Waals surface area contributed by atoms with Gasteiger partial charge in [-0.3, -0.25) is 9.10 Å². The van der Waals surface area contributed by atoms with Gasteiger partial charge in [-0.1, -0.05) is 5.16 Å². The third kappa shape index (κ3) is 3.84. The largest absolute Gasteiger partial charge is 0.361 e. The first-order valence-corrected chi connectivity index (χ1v) is 9.85. The lowest BCUT2D eigenvalue weighted by Crippen LogP contribution is -2.36. The summed E-state index contributed by atoms with van der Waals surface area (Å²) in [7, 11) is -3.28. The molecule has 1 N–H and O–H groups in total. The van der Waals surface area contributed by atoms with Gasteiger partial charge in [-0.2, -0.15) is 0 Å². The van der Waals surface area contributed by atoms with Crippen LogP contribution >= 0.6 is 0 Å². The van der Waals surface area contributed by atoms with E-state index < -0.39 is 10.0 Å². The maximum atomic E-state index is 12.2. The Morgan fingerprint density at radius 1 is 1.36 bits per heavy atom. The molecule has 0 saturated heterocycles. The highest BCUT2D eigenvalue weighted by atomic mass is 32.2. The van der Waals surface area contributed by atoms with E-state index in [9.17, 15) is 13.2 Å². The number of carbonyl (C=O) groups excluding carboxylic acids is 1. The molecule has 8 heteroatoms. The topological polar surface area (TPSA) is 92.5 Å². The minimum absolute atomic E-state index is 0.0715. The van der Waals surface area contributed by atoms with Crippen molar-refractivity contribution >= 4 is 27.3 Å². The van der Waals surface area contributed by atoms with Gasteiger partial charge in [0.1, 0.15) is 5.76 Å². The summed E-state index contributed by atoms with van der Waals surface area (Å²) in [4.78, 5) is 12.1. The lowest BCUT2D eigenvalue weighted by atomic mass is 10.0. The highest BCUT2D eigenvalue weighted by Crippen LogP contribution is 2.31. The van der Waals surface area contributed by atoms with Crippen molar-refractivity contribution in [3.05, 3.63) is 41.3 Å². The number of carbonyl (C=O) groups is 1. The predicted molar refractivity (Wildman–Crippen MR) is 95.1 cm³/mol. The molecule has 25 heavy (non-hydrogen) atoms. The smallest absolute Gasteiger partial charge is 0.234 e. The molecule has 1 aromatic heterocycles. The van der Waals surface area contributed by atoms with Gasteiger partial charge in [-0.15, -0.1) is 0 Å². The second-order valence-corrected chi connectivity index (χ2v) is 8.26. The van der Waals surface area contributed by atoms with Gasteiger partial charge in [0.25, 0.3) is 0 Å². The maximum Gasteiger partial charge on any atom is 0.234 e. The third-order valence-electron chi connectivity index (χ3n) is 4.16. The summed E-state index contributed by atoms with van der Waals surface area (Å²) in [6, 6.07) is 7.06. The third-order valence-corrected chi connectivity index (χ3v) is 5.94. The molecule has 1 aliphatic rings. The normalized spacial score (nSPS) is 14.2. The van der Waals surface area contributed by atoms with Gasteiger partial charge >= 0.3 is 0 Å². The van der Waals surface area contributed by atoms with E-state index in [4.69, 9.17) is 4.52 Å². The highest BCUT2D eigenvalue weighted by Gasteiger charge is 2.26. The predicted octanol–water partition coefficient (Wildman–Crippen LogP) is 2.27. The number of hydrogen-bond acceptors (Lipinski definition) is 5. The molecule has 0 aliphatic carbocycles. The average Bonchev–Trinajstić information content (AvgIpc) is 2.98. The Bertz CT molecular complexity index is 889. The zero-order chi connectivity index (χ0) is 18.0. The van der Waals surface area contributed by atoms with Crippen LogP contribution in [0, 0.1) is 6.92 Å². The number of amides is 1. The molecule has 1 aliphatic heterocycles. The molecular formula is C17H21N3O4S. The number of rotatable bonds is 5. The van der Waals surface area contributed by atoms with Crippen molar-refractivity contribution in [3.8, 4) is 0 Å². The summed E-state index contributed by atoms with van der Waals surface area (Å²) in [6.07, 6.45) is 1.68. The van der Waals surface area contributed by atoms with Crippen LogP contribution < -0.4 is 9.62 Å². The number of anilines is 2. The van der Waals surface area contributed by atoms with Crippen LogP contribution in [0.1, 0.15) is 30.4 Å². The van der Waals surface area contributed by atoms with E-state index in [0.717, 1.165) is 18.4 Å². The Morgan fingerprint density at radius 2 is 2.16 bits per heavy atom. The number of nitrogens with one attached hydrogen (secondary N) is 1. The van der Waals surface area contributed by atoms with Crippen LogP contribution in [0.2, 0.25) is 0 Å². The van der Waals surface area contributed by atoms with Gasteiger partial charge in [0.05, 0.1) is 23.6 Å². The molecule has 7 nitrogen and oxygen atoms in total. The summed E-state index contributed by atoms with van der Waals surface area (Å²) >= 11 is 0. The van der Waals surface area contributed by atoms with Crippen molar-refractivity contribution in [2.75, 3.05) is 21.9 Å². The molecule has 2 heterocycles. The van der Waals surface area contributed by atoms with Gasteiger partial charge in [-0.05, 0) is 50.5 Å². The highest BCUT2D eigenvalue weighted by molar-refractivity contribution is 7.92. The fraction of sp³-hybridized carbons (Fsp3) is 0.412. The van der Waals surface area contributed by atoms with E-state index >= 15 is 0 Å². The molecule has 0 fully saturated rings. The van der Waals surface area contributed by atoms with Crippen LogP contribution in [0.4, 0.5) is 11.4 Å². The second-order valence-electron chi connectivity index (χ2n) is 6.07. The van der Waals surface area contributed by atoms with Gasteiger partial charge in [0.2, 0.25) is 15.9 Å². The number of benzene rings is 1. The second kappa shape index (κ2) is 6.87. The zero-order valence-electron chi connectivity index (χ0n) is 14.3. The lowest BCUT2D eigenvalue weighted by molar-refractivity contribution is -0.115. The van der Waals surface area contributed by atoms with Crippen LogP contribution in [0.3, 0.4) is 0 Å². The Balaban J connectivity index is 1.76. The minimum Gasteiger partial charge on any atom is -0.361 e. The molecule has 0 atom stereocenters. The molecule has 0 saturated carbocycles. The van der Waals surface area contributed by atoms with Gasteiger partial charge in [-0.25, -0.2) is 8.42 Å². The Morgan fingerprint density at radius 3 is 2.84 bits per heavy atom. The first-order valence-electron chi connectivity index (χ1n) is 8.24. The molecule has 134 valence electrons. The molecule has 1 aromatic carbocycles. The van der Waals surface area contributed by atoms with Gasteiger partial charge in [0.15, 0.2) is 0 Å². The molecule has 3 rings (SSSR count). The van der Waals surface area contributed by atoms with Gasteiger partial charge < -0.3 is 9.84 Å². The molecule has 0 radical (unpaired) electrons. The van der Waals surface area contributed by atoms with Crippen LogP contribution in [0.25, 0.3) is 0 Å². The number of hydrogen-bond donors (Lipinski definition) is 1. The van der Waals surface area contributed by atoms with Crippen LogP contribution in [0.5, 0.6) is 0 Å². The standard InChI is InChI=1S/C17H21N3O4S/c1-3-25(22,23)20-8-4-5-13-10-14(6-7-16(13)20)18-17(21)11-15-9-12(2)24-19-15/h6-7,9-10H,3-5,8,11H2,1-2H3,(H,18,21). The molecule has 0 bridgehead atoms. The van der Waals surface area contributed by atoms with E-state index in [0.29, 0.717) is 29.4 Å². The van der Waals surface area contributed by atoms with E-state index in [1.54, 1.807) is 32.0 Å². The Labute approximate surface area is 147 Å². The van der Waals surface area contributed by atoms with Crippen LogP contribution in [-0.4, -0.2) is 31.8 Å². The Hall–Kier alpha value is -2.35. The van der Waals surface area contributed by atoms with Crippen molar-refractivity contribution in [1.82, 2.24) is 5.16 Å². The first kappa shape index (κ1) is 17.5.